The molecule has 3 heterocycles. The number of carbonyl (C=O) groups is 1. The van der Waals surface area contributed by atoms with Crippen LogP contribution in [0.2, 0.25) is 0 Å². The van der Waals surface area contributed by atoms with Gasteiger partial charge < -0.3 is 19.4 Å². The molecule has 0 radical (unpaired) electrons. The maximum absolute atomic E-state index is 12.6. The first-order valence-corrected chi connectivity index (χ1v) is 9.08. The van der Waals surface area contributed by atoms with Gasteiger partial charge in [0.1, 0.15) is 0 Å². The Balaban J connectivity index is 1.42. The number of hydrogen-bond donors (Lipinski definition) is 2. The molecular formula is C21H18N4O3. The molecule has 7 nitrogen and oxygen atoms in total. The van der Waals surface area contributed by atoms with Crippen LogP contribution in [-0.4, -0.2) is 27.5 Å². The predicted octanol–water partition coefficient (Wildman–Crippen LogP) is 4.03. The van der Waals surface area contributed by atoms with Crippen molar-refractivity contribution >= 4 is 22.6 Å². The van der Waals surface area contributed by atoms with Gasteiger partial charge in [0.25, 0.3) is 5.91 Å². The largest absolute Gasteiger partial charge is 0.454 e. The van der Waals surface area contributed by atoms with Crippen LogP contribution in [0.3, 0.4) is 0 Å². The molecule has 140 valence electrons. The first-order valence-electron chi connectivity index (χ1n) is 9.08. The molecule has 0 fully saturated rings. The van der Waals surface area contributed by atoms with E-state index in [0.29, 0.717) is 22.9 Å². The highest BCUT2D eigenvalue weighted by molar-refractivity contribution is 6.04. The van der Waals surface area contributed by atoms with Gasteiger partial charge in [-0.1, -0.05) is 18.2 Å². The molecule has 2 aromatic heterocycles. The zero-order valence-electron chi connectivity index (χ0n) is 15.2. The summed E-state index contributed by atoms with van der Waals surface area (Å²) in [5.74, 6) is 1.42. The first-order chi connectivity index (χ1) is 13.7. The summed E-state index contributed by atoms with van der Waals surface area (Å²) in [4.78, 5) is 12.6. The van der Waals surface area contributed by atoms with Crippen molar-refractivity contribution in [3.05, 3.63) is 60.2 Å². The lowest BCUT2D eigenvalue weighted by atomic mass is 10.2. The maximum Gasteiger partial charge on any atom is 0.257 e. The maximum atomic E-state index is 12.6. The molecule has 2 N–H and O–H groups in total. The molecule has 28 heavy (non-hydrogen) atoms. The van der Waals surface area contributed by atoms with Crippen molar-refractivity contribution in [3.8, 4) is 22.9 Å². The van der Waals surface area contributed by atoms with E-state index in [2.05, 4.69) is 45.2 Å². The third-order valence-corrected chi connectivity index (χ3v) is 4.86. The minimum absolute atomic E-state index is 0.175. The summed E-state index contributed by atoms with van der Waals surface area (Å²) in [6.45, 7) is 3.12. The SMILES string of the molecule is CCn1c(-c2cc(NC(=O)c3ccc4c(c3)OCO4)n[nH]2)cc2ccccc21. The van der Waals surface area contributed by atoms with Crippen LogP contribution < -0.4 is 14.8 Å². The molecule has 0 saturated heterocycles. The van der Waals surface area contributed by atoms with Gasteiger partial charge in [-0.15, -0.1) is 0 Å². The molecule has 1 aliphatic heterocycles. The number of fused-ring (bicyclic) bond motifs is 2. The summed E-state index contributed by atoms with van der Waals surface area (Å²) < 4.78 is 12.8. The van der Waals surface area contributed by atoms with Crippen molar-refractivity contribution < 1.29 is 14.3 Å². The van der Waals surface area contributed by atoms with Crippen molar-refractivity contribution in [2.45, 2.75) is 13.5 Å². The molecule has 0 saturated carbocycles. The van der Waals surface area contributed by atoms with Gasteiger partial charge in [-0.3, -0.25) is 9.89 Å². The highest BCUT2D eigenvalue weighted by Gasteiger charge is 2.17. The lowest BCUT2D eigenvalue weighted by Gasteiger charge is -2.05. The zero-order chi connectivity index (χ0) is 19.1. The van der Waals surface area contributed by atoms with Crippen molar-refractivity contribution in [2.75, 3.05) is 12.1 Å². The van der Waals surface area contributed by atoms with Crippen LogP contribution in [0.15, 0.2) is 54.6 Å². The molecule has 2 aromatic carbocycles. The molecule has 0 unspecified atom stereocenters. The van der Waals surface area contributed by atoms with Crippen LogP contribution in [0, 0.1) is 0 Å². The molecule has 0 atom stereocenters. The fourth-order valence-corrected chi connectivity index (χ4v) is 3.52. The van der Waals surface area contributed by atoms with Crippen LogP contribution >= 0.6 is 0 Å². The Morgan fingerprint density at radius 2 is 2.00 bits per heavy atom. The second-order valence-corrected chi connectivity index (χ2v) is 6.52. The van der Waals surface area contributed by atoms with Crippen molar-refractivity contribution in [1.29, 1.82) is 0 Å². The number of aryl methyl sites for hydroxylation is 1. The number of nitrogens with zero attached hydrogens (tertiary/aromatic N) is 2. The number of para-hydroxylation sites is 1. The van der Waals surface area contributed by atoms with Crippen LogP contribution in [-0.2, 0) is 6.54 Å². The summed E-state index contributed by atoms with van der Waals surface area (Å²) >= 11 is 0. The van der Waals surface area contributed by atoms with Crippen LogP contribution in [0.1, 0.15) is 17.3 Å². The number of amides is 1. The Morgan fingerprint density at radius 3 is 2.89 bits per heavy atom. The third kappa shape index (κ3) is 2.68. The van der Waals surface area contributed by atoms with Crippen LogP contribution in [0.4, 0.5) is 5.82 Å². The summed E-state index contributed by atoms with van der Waals surface area (Å²) in [5.41, 5.74) is 3.52. The Morgan fingerprint density at radius 1 is 1.14 bits per heavy atom. The minimum Gasteiger partial charge on any atom is -0.454 e. The standard InChI is InChI=1S/C21H18N4O3/c1-2-25-16-6-4-3-5-13(16)9-17(25)15-11-20(24-23-15)22-21(26)14-7-8-18-19(10-14)28-12-27-18/h3-11H,2,12H2,1H3,(H2,22,23,24,26). The number of aromatic amines is 1. The molecule has 1 amide bonds. The lowest BCUT2D eigenvalue weighted by Crippen LogP contribution is -2.12. The van der Waals surface area contributed by atoms with Gasteiger partial charge >= 0.3 is 0 Å². The van der Waals surface area contributed by atoms with E-state index in [4.69, 9.17) is 9.47 Å². The van der Waals surface area contributed by atoms with E-state index < -0.39 is 0 Å². The van der Waals surface area contributed by atoms with E-state index in [9.17, 15) is 4.79 Å². The number of anilines is 1. The monoisotopic (exact) mass is 374 g/mol. The number of ether oxygens (including phenoxy) is 2. The first kappa shape index (κ1) is 16.4. The molecule has 0 bridgehead atoms. The molecule has 0 aliphatic carbocycles. The quantitative estimate of drug-likeness (QED) is 0.565. The van der Waals surface area contributed by atoms with Crippen molar-refractivity contribution in [1.82, 2.24) is 14.8 Å². The van der Waals surface area contributed by atoms with Gasteiger partial charge in [0.2, 0.25) is 6.79 Å². The average molecular weight is 374 g/mol. The number of aromatic nitrogens is 3. The summed E-state index contributed by atoms with van der Waals surface area (Å²) in [6, 6.07) is 17.3. The van der Waals surface area contributed by atoms with E-state index in [1.165, 1.54) is 10.9 Å². The fraction of sp³-hybridized carbons (Fsp3) is 0.143. The Labute approximate surface area is 160 Å². The van der Waals surface area contributed by atoms with Gasteiger partial charge in [-0.05, 0) is 37.3 Å². The molecular weight excluding hydrogens is 356 g/mol. The molecule has 7 heteroatoms. The van der Waals surface area contributed by atoms with Gasteiger partial charge in [-0.25, -0.2) is 0 Å². The Hall–Kier alpha value is -3.74. The van der Waals surface area contributed by atoms with Gasteiger partial charge in [-0.2, -0.15) is 5.10 Å². The third-order valence-electron chi connectivity index (χ3n) is 4.86. The van der Waals surface area contributed by atoms with Gasteiger partial charge in [0.05, 0.1) is 11.4 Å². The topological polar surface area (TPSA) is 81.2 Å². The highest BCUT2D eigenvalue weighted by atomic mass is 16.7. The average Bonchev–Trinajstić information content (AvgIpc) is 3.44. The number of hydrogen-bond acceptors (Lipinski definition) is 4. The summed E-state index contributed by atoms with van der Waals surface area (Å²) in [7, 11) is 0. The predicted molar refractivity (Wildman–Crippen MR) is 106 cm³/mol. The molecule has 4 aromatic rings. The second-order valence-electron chi connectivity index (χ2n) is 6.52. The van der Waals surface area contributed by atoms with E-state index in [0.717, 1.165) is 17.9 Å². The number of nitrogens with one attached hydrogen (secondary N) is 2. The molecule has 5 rings (SSSR count). The number of rotatable bonds is 4. The molecule has 1 aliphatic rings. The van der Waals surface area contributed by atoms with E-state index >= 15 is 0 Å². The summed E-state index contributed by atoms with van der Waals surface area (Å²) in [6.07, 6.45) is 0. The van der Waals surface area contributed by atoms with E-state index in [1.807, 2.05) is 18.2 Å². The van der Waals surface area contributed by atoms with Crippen LogP contribution in [0.5, 0.6) is 11.5 Å². The highest BCUT2D eigenvalue weighted by Crippen LogP contribution is 2.33. The Kier molecular flexibility index (Phi) is 3.79. The van der Waals surface area contributed by atoms with Crippen molar-refractivity contribution in [3.63, 3.8) is 0 Å². The number of carbonyl (C=O) groups excluding carboxylic acids is 1. The van der Waals surface area contributed by atoms with Crippen molar-refractivity contribution in [2.24, 2.45) is 0 Å². The normalized spacial score (nSPS) is 12.5. The van der Waals surface area contributed by atoms with E-state index in [1.54, 1.807) is 18.2 Å². The zero-order valence-corrected chi connectivity index (χ0v) is 15.2. The minimum atomic E-state index is -0.257. The fourth-order valence-electron chi connectivity index (χ4n) is 3.52. The second kappa shape index (κ2) is 6.45. The lowest BCUT2D eigenvalue weighted by molar-refractivity contribution is 0.102. The summed E-state index contributed by atoms with van der Waals surface area (Å²) in [5, 5.41) is 11.3. The number of benzene rings is 2. The Bertz CT molecular complexity index is 1190. The molecule has 0 spiro atoms. The van der Waals surface area contributed by atoms with Crippen LogP contribution in [0.25, 0.3) is 22.3 Å². The van der Waals surface area contributed by atoms with Gasteiger partial charge in [0, 0.05) is 29.1 Å². The number of H-pyrrole nitrogens is 1. The smallest absolute Gasteiger partial charge is 0.257 e. The van der Waals surface area contributed by atoms with Gasteiger partial charge in [0.15, 0.2) is 17.3 Å². The van der Waals surface area contributed by atoms with E-state index in [-0.39, 0.29) is 12.7 Å².